The van der Waals surface area contributed by atoms with Gasteiger partial charge in [0.1, 0.15) is 23.1 Å². The molecule has 12 nitrogen and oxygen atoms in total. The molecule has 2 atom stereocenters. The maximum absolute atomic E-state index is 15.2. The maximum Gasteiger partial charge on any atom is 0.437 e. The fourth-order valence-electron chi connectivity index (χ4n) is 6.77. The first-order valence-electron chi connectivity index (χ1n) is 17.4. The highest BCUT2D eigenvalue weighted by molar-refractivity contribution is 6.31. The standard InChI is InChI=1S/C39H44ClFN6O6/c1-23(48)51-34-22-44(32-19-25(40)11-13-28(32)42)17-16-31(34)47-33-20-26(41)12-14-30(33)46(35(47)43-36(49)52-38(2,3)4)21-24-9-8-10-29-27(24)15-18-45(29)37(50)53-39(5,6)7/h8-15,18-20,31,34H,16-17,21-22,42H2,1-7H3/b43-35+. The number of imidazole rings is 1. The van der Waals surface area contributed by atoms with Gasteiger partial charge in [-0.05, 0) is 102 Å². The van der Waals surface area contributed by atoms with E-state index in [1.165, 1.54) is 23.6 Å². The van der Waals surface area contributed by atoms with Crippen LogP contribution in [0.3, 0.4) is 0 Å². The van der Waals surface area contributed by atoms with E-state index in [2.05, 4.69) is 4.99 Å². The second-order valence-corrected chi connectivity index (χ2v) is 15.6. The van der Waals surface area contributed by atoms with Crippen LogP contribution in [-0.4, -0.2) is 62.3 Å². The van der Waals surface area contributed by atoms with Crippen molar-refractivity contribution < 1.29 is 33.0 Å². The van der Waals surface area contributed by atoms with Gasteiger partial charge in [0, 0.05) is 30.1 Å². The first kappa shape index (κ1) is 37.5. The molecule has 1 fully saturated rings. The summed E-state index contributed by atoms with van der Waals surface area (Å²) in [7, 11) is 0. The van der Waals surface area contributed by atoms with Gasteiger partial charge in [-0.25, -0.2) is 14.0 Å². The number of fused-ring (bicyclic) bond motifs is 2. The van der Waals surface area contributed by atoms with Gasteiger partial charge in [0.2, 0.25) is 5.62 Å². The lowest BCUT2D eigenvalue weighted by Crippen LogP contribution is -2.49. The largest absolute Gasteiger partial charge is 0.458 e. The van der Waals surface area contributed by atoms with E-state index >= 15 is 4.39 Å². The van der Waals surface area contributed by atoms with Crippen LogP contribution in [0, 0.1) is 5.82 Å². The lowest BCUT2D eigenvalue weighted by atomic mass is 10.00. The number of benzene rings is 3. The second kappa shape index (κ2) is 14.3. The van der Waals surface area contributed by atoms with Crippen molar-refractivity contribution in [3.63, 3.8) is 0 Å². The molecule has 280 valence electrons. The molecule has 0 aliphatic carbocycles. The van der Waals surface area contributed by atoms with E-state index in [-0.39, 0.29) is 18.7 Å². The Bertz CT molecular complexity index is 2300. The molecule has 5 aromatic rings. The number of nitrogens with two attached hydrogens (primary N) is 1. The summed E-state index contributed by atoms with van der Waals surface area (Å²) < 4.78 is 37.5. The normalized spacial score (nSPS) is 17.0. The highest BCUT2D eigenvalue weighted by atomic mass is 35.5. The number of aromatic nitrogens is 3. The molecule has 0 radical (unpaired) electrons. The molecule has 0 saturated carbocycles. The van der Waals surface area contributed by atoms with Gasteiger partial charge in [-0.2, -0.15) is 0 Å². The van der Waals surface area contributed by atoms with Crippen molar-refractivity contribution in [2.45, 2.75) is 84.8 Å². The minimum Gasteiger partial charge on any atom is -0.458 e. The van der Waals surface area contributed by atoms with Crippen LogP contribution < -0.4 is 16.3 Å². The Hall–Kier alpha value is -5.30. The summed E-state index contributed by atoms with van der Waals surface area (Å²) in [5, 5.41) is 1.27. The third-order valence-electron chi connectivity index (χ3n) is 8.78. The Labute approximate surface area is 311 Å². The average molecular weight is 747 g/mol. The van der Waals surface area contributed by atoms with Crippen LogP contribution in [0.15, 0.2) is 71.9 Å². The highest BCUT2D eigenvalue weighted by Crippen LogP contribution is 2.35. The number of ether oxygens (including phenoxy) is 3. The molecular weight excluding hydrogens is 703 g/mol. The minimum atomic E-state index is -0.854. The van der Waals surface area contributed by atoms with E-state index in [9.17, 15) is 14.4 Å². The quantitative estimate of drug-likeness (QED) is 0.109. The molecule has 2 unspecified atom stereocenters. The molecule has 6 rings (SSSR count). The smallest absolute Gasteiger partial charge is 0.437 e. The van der Waals surface area contributed by atoms with Crippen molar-refractivity contribution >= 4 is 63.1 Å². The first-order valence-corrected chi connectivity index (χ1v) is 17.7. The number of anilines is 2. The fraction of sp³-hybridized carbons (Fsp3) is 0.385. The molecule has 3 aromatic carbocycles. The van der Waals surface area contributed by atoms with Crippen LogP contribution in [-0.2, 0) is 25.5 Å². The molecule has 53 heavy (non-hydrogen) atoms. The number of piperidine rings is 1. The number of halogens is 2. The number of carbonyl (C=O) groups is 3. The molecule has 2 aromatic heterocycles. The second-order valence-electron chi connectivity index (χ2n) is 15.2. The van der Waals surface area contributed by atoms with Gasteiger partial charge in [-0.3, -0.25) is 9.36 Å². The minimum absolute atomic E-state index is 0.168. The monoisotopic (exact) mass is 746 g/mol. The zero-order valence-corrected chi connectivity index (χ0v) is 31.6. The summed E-state index contributed by atoms with van der Waals surface area (Å²) in [4.78, 5) is 45.7. The Morgan fingerprint density at radius 2 is 1.68 bits per heavy atom. The topological polar surface area (TPSA) is 135 Å². The molecule has 0 bridgehead atoms. The Balaban J connectivity index is 1.53. The van der Waals surface area contributed by atoms with Crippen LogP contribution >= 0.6 is 11.6 Å². The van der Waals surface area contributed by atoms with E-state index in [1.807, 2.05) is 33.7 Å². The molecule has 2 N–H and O–H groups in total. The van der Waals surface area contributed by atoms with Gasteiger partial charge in [0.05, 0.1) is 47.1 Å². The zero-order valence-electron chi connectivity index (χ0n) is 30.9. The number of nitrogens with zero attached hydrogens (tertiary/aromatic N) is 5. The highest BCUT2D eigenvalue weighted by Gasteiger charge is 2.36. The predicted molar refractivity (Wildman–Crippen MR) is 202 cm³/mol. The maximum atomic E-state index is 15.2. The van der Waals surface area contributed by atoms with Gasteiger partial charge in [0.25, 0.3) is 0 Å². The number of hydrogen-bond acceptors (Lipinski definition) is 8. The lowest BCUT2D eigenvalue weighted by Gasteiger charge is -2.40. The van der Waals surface area contributed by atoms with Gasteiger partial charge in [-0.1, -0.05) is 23.7 Å². The molecule has 0 spiro atoms. The third kappa shape index (κ3) is 8.20. The van der Waals surface area contributed by atoms with Crippen molar-refractivity contribution in [2.75, 3.05) is 23.7 Å². The van der Waals surface area contributed by atoms with Crippen molar-refractivity contribution in [2.24, 2.45) is 4.99 Å². The summed E-state index contributed by atoms with van der Waals surface area (Å²) in [6.45, 7) is 12.8. The van der Waals surface area contributed by atoms with Crippen molar-refractivity contribution in [1.82, 2.24) is 13.7 Å². The number of amides is 1. The summed E-state index contributed by atoms with van der Waals surface area (Å²) in [5.41, 5.74) is 8.58. The van der Waals surface area contributed by atoms with E-state index in [0.717, 1.165) is 10.9 Å². The van der Waals surface area contributed by atoms with Gasteiger partial charge < -0.3 is 34.0 Å². The molecular formula is C39H44ClFN6O6. The van der Waals surface area contributed by atoms with E-state index in [4.69, 9.17) is 31.5 Å². The van der Waals surface area contributed by atoms with Crippen molar-refractivity contribution in [3.8, 4) is 0 Å². The number of rotatable bonds is 5. The molecule has 1 amide bonds. The third-order valence-corrected chi connectivity index (χ3v) is 9.01. The number of esters is 1. The zero-order chi connectivity index (χ0) is 38.4. The summed E-state index contributed by atoms with van der Waals surface area (Å²) >= 11 is 6.33. The van der Waals surface area contributed by atoms with Crippen LogP contribution in [0.5, 0.6) is 0 Å². The molecule has 1 aliphatic heterocycles. The van der Waals surface area contributed by atoms with E-state index < -0.39 is 47.3 Å². The van der Waals surface area contributed by atoms with Gasteiger partial charge >= 0.3 is 18.2 Å². The van der Waals surface area contributed by atoms with Crippen LogP contribution in [0.2, 0.25) is 5.02 Å². The number of nitrogen functional groups attached to an aromatic ring is 1. The first-order chi connectivity index (χ1) is 24.9. The Kier molecular flexibility index (Phi) is 10.1. The predicted octanol–water partition coefficient (Wildman–Crippen LogP) is 7.82. The number of carbonyl (C=O) groups excluding carboxylic acids is 3. The summed E-state index contributed by atoms with van der Waals surface area (Å²) in [6.07, 6.45) is -0.0896. The van der Waals surface area contributed by atoms with Gasteiger partial charge in [-0.15, -0.1) is 4.99 Å². The number of hydrogen-bond donors (Lipinski definition) is 1. The van der Waals surface area contributed by atoms with Crippen molar-refractivity contribution in [1.29, 1.82) is 0 Å². The van der Waals surface area contributed by atoms with E-state index in [1.54, 1.807) is 76.6 Å². The summed E-state index contributed by atoms with van der Waals surface area (Å²) in [5.74, 6) is -1.01. The molecule has 14 heteroatoms. The lowest BCUT2D eigenvalue weighted by molar-refractivity contribution is -0.148. The summed E-state index contributed by atoms with van der Waals surface area (Å²) in [6, 6.07) is 16.3. The molecule has 1 saturated heterocycles. The van der Waals surface area contributed by atoms with Crippen LogP contribution in [0.25, 0.3) is 21.9 Å². The average Bonchev–Trinajstić information content (AvgIpc) is 3.60. The van der Waals surface area contributed by atoms with Gasteiger partial charge in [0.15, 0.2) is 0 Å². The Morgan fingerprint density at radius 3 is 2.38 bits per heavy atom. The van der Waals surface area contributed by atoms with E-state index in [0.29, 0.717) is 45.9 Å². The SMILES string of the molecule is CC(=O)OC1CN(c2cc(Cl)ccc2N)CCC1n1/c(=N/C(=O)OC(C)(C)C)n(Cc2cccc3c2ccn3C(=O)OC(C)(C)C)c2ccc(F)cc21. The fourth-order valence-corrected chi connectivity index (χ4v) is 6.94. The van der Waals surface area contributed by atoms with Crippen LogP contribution in [0.4, 0.5) is 25.4 Å². The molecule has 1 aliphatic rings. The van der Waals surface area contributed by atoms with Crippen LogP contribution in [0.1, 0.15) is 66.5 Å². The Morgan fingerprint density at radius 1 is 0.943 bits per heavy atom. The van der Waals surface area contributed by atoms with Crippen molar-refractivity contribution in [3.05, 3.63) is 88.9 Å². The molecule has 3 heterocycles.